The first-order chi connectivity index (χ1) is 15.3. The molecule has 0 unspecified atom stereocenters. The molecule has 3 rings (SSSR count). The fourth-order valence-electron chi connectivity index (χ4n) is 3.58. The number of benzene rings is 1. The fourth-order valence-corrected chi connectivity index (χ4v) is 3.58. The maximum Gasteiger partial charge on any atom is 0.573 e. The molecule has 1 aromatic carbocycles. The van der Waals surface area contributed by atoms with E-state index in [0.29, 0.717) is 35.5 Å². The summed E-state index contributed by atoms with van der Waals surface area (Å²) in [6.07, 6.45) is -1.37. The molecule has 32 heavy (non-hydrogen) atoms. The van der Waals surface area contributed by atoms with Crippen LogP contribution in [-0.4, -0.2) is 68.0 Å². The number of aromatic nitrogens is 2. The third-order valence-corrected chi connectivity index (χ3v) is 5.25. The first kappa shape index (κ1) is 24.1. The van der Waals surface area contributed by atoms with Gasteiger partial charge < -0.3 is 25.6 Å². The first-order valence-electron chi connectivity index (χ1n) is 10.9. The number of piperidine rings is 1. The van der Waals surface area contributed by atoms with Crippen LogP contribution in [0.5, 0.6) is 5.75 Å². The zero-order valence-corrected chi connectivity index (χ0v) is 18.5. The Morgan fingerprint density at radius 3 is 2.59 bits per heavy atom. The van der Waals surface area contributed by atoms with Crippen molar-refractivity contribution < 1.29 is 17.9 Å². The van der Waals surface area contributed by atoms with Crippen molar-refractivity contribution in [2.75, 3.05) is 57.5 Å². The van der Waals surface area contributed by atoms with Gasteiger partial charge in [0.25, 0.3) is 0 Å². The number of hydrogen-bond donors (Lipinski definition) is 3. The minimum Gasteiger partial charge on any atom is -0.406 e. The van der Waals surface area contributed by atoms with E-state index in [1.807, 2.05) is 19.0 Å². The molecule has 0 aliphatic carbocycles. The van der Waals surface area contributed by atoms with Gasteiger partial charge in [0.2, 0.25) is 5.95 Å². The molecule has 1 fully saturated rings. The number of anilines is 2. The number of likely N-dealkylation sites (N-methyl/N-ethyl adjacent to an activating group) is 1. The highest BCUT2D eigenvalue weighted by molar-refractivity contribution is 5.65. The fraction of sp³-hybridized carbons (Fsp3) is 0.545. The second-order valence-electron chi connectivity index (χ2n) is 8.18. The predicted molar refractivity (Wildman–Crippen MR) is 120 cm³/mol. The highest BCUT2D eigenvalue weighted by Gasteiger charge is 2.31. The third-order valence-electron chi connectivity index (χ3n) is 5.25. The largest absolute Gasteiger partial charge is 0.573 e. The minimum atomic E-state index is -4.75. The van der Waals surface area contributed by atoms with Gasteiger partial charge in [-0.3, -0.25) is 0 Å². The van der Waals surface area contributed by atoms with Gasteiger partial charge in [0.1, 0.15) is 11.6 Å². The van der Waals surface area contributed by atoms with Crippen molar-refractivity contribution >= 4 is 11.8 Å². The lowest BCUT2D eigenvalue weighted by Gasteiger charge is -2.22. The summed E-state index contributed by atoms with van der Waals surface area (Å²) in [7, 11) is 3.94. The zero-order valence-electron chi connectivity index (χ0n) is 18.5. The second kappa shape index (κ2) is 11.3. The Morgan fingerprint density at radius 2 is 1.88 bits per heavy atom. The topological polar surface area (TPSA) is 74.3 Å². The summed E-state index contributed by atoms with van der Waals surface area (Å²) in [5, 5.41) is 9.93. The quantitative estimate of drug-likeness (QED) is 0.506. The van der Waals surface area contributed by atoms with Gasteiger partial charge in [-0.15, -0.1) is 13.2 Å². The van der Waals surface area contributed by atoms with Crippen molar-refractivity contribution in [2.24, 2.45) is 5.92 Å². The van der Waals surface area contributed by atoms with E-state index in [4.69, 9.17) is 0 Å². The predicted octanol–water partition coefficient (Wildman–Crippen LogP) is 3.82. The molecule has 10 heteroatoms. The average molecular weight is 453 g/mol. The van der Waals surface area contributed by atoms with Crippen LogP contribution in [0, 0.1) is 5.92 Å². The molecule has 0 spiro atoms. The molecule has 0 amide bonds. The van der Waals surface area contributed by atoms with Crippen molar-refractivity contribution in [1.82, 2.24) is 20.2 Å². The monoisotopic (exact) mass is 452 g/mol. The van der Waals surface area contributed by atoms with E-state index in [2.05, 4.69) is 30.7 Å². The summed E-state index contributed by atoms with van der Waals surface area (Å²) < 4.78 is 41.9. The van der Waals surface area contributed by atoms with Crippen molar-refractivity contribution in [2.45, 2.75) is 25.6 Å². The normalized spacial score (nSPS) is 15.1. The molecule has 7 nitrogen and oxygen atoms in total. The third kappa shape index (κ3) is 8.16. The van der Waals surface area contributed by atoms with Gasteiger partial charge in [0.15, 0.2) is 0 Å². The summed E-state index contributed by atoms with van der Waals surface area (Å²) >= 11 is 0. The van der Waals surface area contributed by atoms with Gasteiger partial charge in [-0.2, -0.15) is 4.98 Å². The number of rotatable bonds is 10. The highest BCUT2D eigenvalue weighted by atomic mass is 19.4. The molecular formula is C22H31F3N6O. The van der Waals surface area contributed by atoms with E-state index in [-0.39, 0.29) is 5.75 Å². The van der Waals surface area contributed by atoms with Crippen LogP contribution in [-0.2, 0) is 0 Å². The minimum absolute atomic E-state index is 0.281. The number of ether oxygens (including phenoxy) is 1. The standard InChI is InChI=1S/C22H31F3N6O/c1-31(2)13-12-28-21-29-19(17-4-3-5-18(14-17)32-22(23,24)25)15-20(30-21)27-11-8-16-6-9-26-10-7-16/h3-5,14-16,26H,6-13H2,1-2H3,(H2,27,28,29,30). The van der Waals surface area contributed by atoms with Crippen molar-refractivity contribution in [1.29, 1.82) is 0 Å². The SMILES string of the molecule is CN(C)CCNc1nc(NCCC2CCNCC2)cc(-c2cccc(OC(F)(F)F)c2)n1. The van der Waals surface area contributed by atoms with Crippen LogP contribution in [0.3, 0.4) is 0 Å². The Kier molecular flexibility index (Phi) is 8.52. The maximum atomic E-state index is 12.6. The lowest BCUT2D eigenvalue weighted by atomic mass is 9.95. The average Bonchev–Trinajstić information content (AvgIpc) is 2.73. The van der Waals surface area contributed by atoms with Gasteiger partial charge in [0, 0.05) is 31.3 Å². The molecule has 2 heterocycles. The molecule has 0 atom stereocenters. The van der Waals surface area contributed by atoms with Crippen molar-refractivity contribution in [3.05, 3.63) is 30.3 Å². The maximum absolute atomic E-state index is 12.6. The molecule has 1 aromatic heterocycles. The van der Waals surface area contributed by atoms with Crippen LogP contribution < -0.4 is 20.7 Å². The van der Waals surface area contributed by atoms with Crippen LogP contribution in [0.2, 0.25) is 0 Å². The second-order valence-corrected chi connectivity index (χ2v) is 8.18. The lowest BCUT2D eigenvalue weighted by Crippen LogP contribution is -2.28. The molecule has 0 saturated carbocycles. The van der Waals surface area contributed by atoms with Gasteiger partial charge >= 0.3 is 6.36 Å². The Bertz CT molecular complexity index is 856. The van der Waals surface area contributed by atoms with Gasteiger partial charge in [-0.25, -0.2) is 4.98 Å². The van der Waals surface area contributed by atoms with Gasteiger partial charge in [-0.05, 0) is 64.5 Å². The Hall–Kier alpha value is -2.59. The van der Waals surface area contributed by atoms with Crippen LogP contribution in [0.4, 0.5) is 24.9 Å². The summed E-state index contributed by atoms with van der Waals surface area (Å²) in [6, 6.07) is 7.58. The molecule has 1 aliphatic heterocycles. The number of alkyl halides is 3. The molecular weight excluding hydrogens is 421 g/mol. The molecule has 0 bridgehead atoms. The van der Waals surface area contributed by atoms with E-state index in [9.17, 15) is 13.2 Å². The Balaban J connectivity index is 1.75. The molecule has 1 saturated heterocycles. The van der Waals surface area contributed by atoms with Gasteiger partial charge in [-0.1, -0.05) is 12.1 Å². The number of nitrogens with one attached hydrogen (secondary N) is 3. The van der Waals surface area contributed by atoms with E-state index in [1.54, 1.807) is 12.1 Å². The molecule has 176 valence electrons. The first-order valence-corrected chi connectivity index (χ1v) is 10.9. The van der Waals surface area contributed by atoms with E-state index < -0.39 is 6.36 Å². The highest BCUT2D eigenvalue weighted by Crippen LogP contribution is 2.28. The zero-order chi connectivity index (χ0) is 23.0. The van der Waals surface area contributed by atoms with E-state index in [0.717, 1.165) is 32.6 Å². The van der Waals surface area contributed by atoms with Crippen LogP contribution in [0.1, 0.15) is 19.3 Å². The molecule has 1 aliphatic rings. The van der Waals surface area contributed by atoms with E-state index in [1.165, 1.54) is 31.0 Å². The summed E-state index contributed by atoms with van der Waals surface area (Å²) in [6.45, 7) is 4.32. The van der Waals surface area contributed by atoms with Gasteiger partial charge in [0.05, 0.1) is 5.69 Å². The lowest BCUT2D eigenvalue weighted by molar-refractivity contribution is -0.274. The number of halogens is 3. The number of hydrogen-bond acceptors (Lipinski definition) is 7. The van der Waals surface area contributed by atoms with Crippen molar-refractivity contribution in [3.63, 3.8) is 0 Å². The number of nitrogens with zero attached hydrogens (tertiary/aromatic N) is 3. The molecule has 3 N–H and O–H groups in total. The molecule has 2 aromatic rings. The summed E-state index contributed by atoms with van der Waals surface area (Å²) in [5.74, 6) is 1.46. The summed E-state index contributed by atoms with van der Waals surface area (Å²) in [4.78, 5) is 11.1. The van der Waals surface area contributed by atoms with Crippen LogP contribution >= 0.6 is 0 Å². The Labute approximate surface area is 186 Å². The van der Waals surface area contributed by atoms with Crippen molar-refractivity contribution in [3.8, 4) is 17.0 Å². The Morgan fingerprint density at radius 1 is 1.09 bits per heavy atom. The van der Waals surface area contributed by atoms with Crippen LogP contribution in [0.25, 0.3) is 11.3 Å². The summed E-state index contributed by atoms with van der Waals surface area (Å²) in [5.41, 5.74) is 1.04. The molecule has 0 radical (unpaired) electrons. The van der Waals surface area contributed by atoms with Crippen LogP contribution in [0.15, 0.2) is 30.3 Å². The smallest absolute Gasteiger partial charge is 0.406 e. The van der Waals surface area contributed by atoms with E-state index >= 15 is 0 Å².